The molecule has 5 nitrogen and oxygen atoms in total. The minimum absolute atomic E-state index is 0.167. The number of hydrogen-bond acceptors (Lipinski definition) is 6. The minimum atomic E-state index is -3.57. The molecule has 0 fully saturated rings. The molecule has 0 aliphatic carbocycles. The van der Waals surface area contributed by atoms with Gasteiger partial charge in [-0.15, -0.1) is 11.3 Å². The van der Waals surface area contributed by atoms with Gasteiger partial charge < -0.3 is 0 Å². The van der Waals surface area contributed by atoms with Crippen molar-refractivity contribution in [3.05, 3.63) is 48.3 Å². The molecule has 120 valence electrons. The Kier molecular flexibility index (Phi) is 4.96. The lowest BCUT2D eigenvalue weighted by Gasteiger charge is -2.06. The zero-order valence-electron chi connectivity index (χ0n) is 12.4. The van der Waals surface area contributed by atoms with Gasteiger partial charge >= 0.3 is 0 Å². The zero-order valence-corrected chi connectivity index (χ0v) is 14.8. The second-order valence-corrected chi connectivity index (χ2v) is 9.00. The Morgan fingerprint density at radius 3 is 2.87 bits per heavy atom. The first kappa shape index (κ1) is 16.4. The molecule has 8 heteroatoms. The molecular formula is C15H15N3O2S3. The third kappa shape index (κ3) is 3.89. The summed E-state index contributed by atoms with van der Waals surface area (Å²) in [5.74, 6) is 0.941. The number of thioether (sulfide) groups is 1. The van der Waals surface area contributed by atoms with Gasteiger partial charge in [0.25, 0.3) is 0 Å². The smallest absolute Gasteiger partial charge is 0.240 e. The number of thiazole rings is 1. The topological polar surface area (TPSA) is 72.0 Å². The summed E-state index contributed by atoms with van der Waals surface area (Å²) in [7, 11) is -3.57. The monoisotopic (exact) mass is 365 g/mol. The van der Waals surface area contributed by atoms with E-state index >= 15 is 0 Å². The summed E-state index contributed by atoms with van der Waals surface area (Å²) in [6, 6.07) is 10.4. The third-order valence-electron chi connectivity index (χ3n) is 3.09. The Morgan fingerprint density at radius 1 is 1.26 bits per heavy atom. The molecule has 1 N–H and O–H groups in total. The van der Waals surface area contributed by atoms with Crippen LogP contribution in [0.25, 0.3) is 10.2 Å². The van der Waals surface area contributed by atoms with Gasteiger partial charge in [-0.3, -0.25) is 4.98 Å². The first-order chi connectivity index (χ1) is 11.1. The molecule has 2 heterocycles. The van der Waals surface area contributed by atoms with Crippen molar-refractivity contribution in [1.29, 1.82) is 0 Å². The summed E-state index contributed by atoms with van der Waals surface area (Å²) >= 11 is 3.17. The molecule has 0 bridgehead atoms. The second-order valence-electron chi connectivity index (χ2n) is 4.69. The quantitative estimate of drug-likeness (QED) is 0.679. The van der Waals surface area contributed by atoms with Crippen LogP contribution in [0, 0.1) is 0 Å². The van der Waals surface area contributed by atoms with Gasteiger partial charge in [0.15, 0.2) is 4.34 Å². The van der Waals surface area contributed by atoms with Crippen molar-refractivity contribution < 1.29 is 8.42 Å². The Balaban J connectivity index is 1.82. The number of rotatable bonds is 6. The van der Waals surface area contributed by atoms with Gasteiger partial charge in [0.1, 0.15) is 0 Å². The van der Waals surface area contributed by atoms with Crippen LogP contribution in [-0.4, -0.2) is 24.1 Å². The summed E-state index contributed by atoms with van der Waals surface area (Å²) in [4.78, 5) is 8.83. The molecule has 0 aliphatic rings. The molecule has 0 saturated heterocycles. The normalized spacial score (nSPS) is 11.9. The number of hydrogen-bond donors (Lipinski definition) is 1. The highest BCUT2D eigenvalue weighted by atomic mass is 32.2. The molecule has 1 aromatic carbocycles. The molecule has 0 unspecified atom stereocenters. The number of benzene rings is 1. The number of sulfonamides is 1. The molecule has 0 atom stereocenters. The van der Waals surface area contributed by atoms with Crippen LogP contribution in [0.15, 0.2) is 51.8 Å². The van der Waals surface area contributed by atoms with Crippen LogP contribution in [0.5, 0.6) is 0 Å². The minimum Gasteiger partial charge on any atom is -0.260 e. The lowest BCUT2D eigenvalue weighted by atomic mass is 10.3. The molecule has 3 aromatic rings. The molecule has 0 saturated carbocycles. The number of aromatic nitrogens is 2. The average molecular weight is 366 g/mol. The van der Waals surface area contributed by atoms with E-state index in [0.29, 0.717) is 5.69 Å². The van der Waals surface area contributed by atoms with Crippen molar-refractivity contribution in [2.45, 2.75) is 22.7 Å². The highest BCUT2D eigenvalue weighted by Gasteiger charge is 2.16. The molecule has 3 rings (SSSR count). The SMILES string of the molecule is CCSc1nc2ccc(S(=O)(=O)NCc3ccccn3)cc2s1. The highest BCUT2D eigenvalue weighted by molar-refractivity contribution is 8.01. The first-order valence-electron chi connectivity index (χ1n) is 7.01. The van der Waals surface area contributed by atoms with Gasteiger partial charge in [-0.2, -0.15) is 0 Å². The first-order valence-corrected chi connectivity index (χ1v) is 10.3. The van der Waals surface area contributed by atoms with E-state index in [0.717, 1.165) is 20.3 Å². The van der Waals surface area contributed by atoms with Crippen molar-refractivity contribution in [3.8, 4) is 0 Å². The maximum atomic E-state index is 12.4. The summed E-state index contributed by atoms with van der Waals surface area (Å²) < 4.78 is 29.3. The fourth-order valence-corrected chi connectivity index (χ4v) is 5.10. The summed E-state index contributed by atoms with van der Waals surface area (Å²) in [6.45, 7) is 2.23. The van der Waals surface area contributed by atoms with Crippen molar-refractivity contribution in [2.75, 3.05) is 5.75 Å². The van der Waals surface area contributed by atoms with Gasteiger partial charge in [-0.1, -0.05) is 24.8 Å². The molecule has 0 aliphatic heterocycles. The van der Waals surface area contributed by atoms with Crippen LogP contribution in [-0.2, 0) is 16.6 Å². The van der Waals surface area contributed by atoms with Gasteiger partial charge in [0, 0.05) is 6.20 Å². The van der Waals surface area contributed by atoms with Crippen molar-refractivity contribution in [2.24, 2.45) is 0 Å². The predicted molar refractivity (Wildman–Crippen MR) is 94.3 cm³/mol. The Bertz CT molecular complexity index is 908. The lowest BCUT2D eigenvalue weighted by molar-refractivity contribution is 0.580. The summed E-state index contributed by atoms with van der Waals surface area (Å²) in [5, 5.41) is 0. The molecule has 0 spiro atoms. The van der Waals surface area contributed by atoms with Crippen LogP contribution in [0.2, 0.25) is 0 Å². The van der Waals surface area contributed by atoms with E-state index in [2.05, 4.69) is 21.6 Å². The van der Waals surface area contributed by atoms with E-state index in [-0.39, 0.29) is 11.4 Å². The molecular weight excluding hydrogens is 350 g/mol. The van der Waals surface area contributed by atoms with Crippen molar-refractivity contribution in [3.63, 3.8) is 0 Å². The van der Waals surface area contributed by atoms with Crippen LogP contribution in [0.3, 0.4) is 0 Å². The Morgan fingerprint density at radius 2 is 2.13 bits per heavy atom. The van der Waals surface area contributed by atoms with Gasteiger partial charge in [-0.05, 0) is 36.1 Å². The predicted octanol–water partition coefficient (Wildman–Crippen LogP) is 3.28. The average Bonchev–Trinajstić information content (AvgIpc) is 2.96. The van der Waals surface area contributed by atoms with Crippen molar-refractivity contribution >= 4 is 43.3 Å². The van der Waals surface area contributed by atoms with Gasteiger partial charge in [0.05, 0.1) is 27.4 Å². The molecule has 0 amide bonds. The van der Waals surface area contributed by atoms with Crippen molar-refractivity contribution in [1.82, 2.24) is 14.7 Å². The van der Waals surface area contributed by atoms with Gasteiger partial charge in [-0.25, -0.2) is 18.1 Å². The maximum Gasteiger partial charge on any atom is 0.240 e. The van der Waals surface area contributed by atoms with E-state index in [4.69, 9.17) is 0 Å². The van der Waals surface area contributed by atoms with Crippen LogP contribution >= 0.6 is 23.1 Å². The standard InChI is InChI=1S/C15H15N3O2S3/c1-2-21-15-18-13-7-6-12(9-14(13)22-15)23(19,20)17-10-11-5-3-4-8-16-11/h3-9,17H,2,10H2,1H3. The summed E-state index contributed by atoms with van der Waals surface area (Å²) in [5.41, 5.74) is 1.51. The fourth-order valence-electron chi connectivity index (χ4n) is 1.99. The van der Waals surface area contributed by atoms with E-state index < -0.39 is 10.0 Å². The Labute approximate surface area is 143 Å². The zero-order chi connectivity index (χ0) is 16.3. The number of nitrogens with one attached hydrogen (secondary N) is 1. The molecule has 2 aromatic heterocycles. The van der Waals surface area contributed by atoms with Gasteiger partial charge in [0.2, 0.25) is 10.0 Å². The molecule has 23 heavy (non-hydrogen) atoms. The van der Waals surface area contributed by atoms with Crippen LogP contribution in [0.4, 0.5) is 0 Å². The Hall–Kier alpha value is -1.48. The largest absolute Gasteiger partial charge is 0.260 e. The number of pyridine rings is 1. The number of nitrogens with zero attached hydrogens (tertiary/aromatic N) is 2. The fraction of sp³-hybridized carbons (Fsp3) is 0.200. The third-order valence-corrected chi connectivity index (χ3v) is 6.53. The number of fused-ring (bicyclic) bond motifs is 1. The van der Waals surface area contributed by atoms with E-state index in [1.54, 1.807) is 48.3 Å². The summed E-state index contributed by atoms with van der Waals surface area (Å²) in [6.07, 6.45) is 1.64. The van der Waals surface area contributed by atoms with Crippen LogP contribution < -0.4 is 4.72 Å². The van der Waals surface area contributed by atoms with Crippen LogP contribution in [0.1, 0.15) is 12.6 Å². The lowest BCUT2D eigenvalue weighted by Crippen LogP contribution is -2.23. The maximum absolute atomic E-state index is 12.4. The molecule has 0 radical (unpaired) electrons. The van der Waals surface area contributed by atoms with E-state index in [1.165, 1.54) is 11.3 Å². The highest BCUT2D eigenvalue weighted by Crippen LogP contribution is 2.30. The second kappa shape index (κ2) is 6.96. The van der Waals surface area contributed by atoms with E-state index in [9.17, 15) is 8.42 Å². The van der Waals surface area contributed by atoms with E-state index in [1.807, 2.05) is 6.07 Å².